The first-order valence-electron chi connectivity index (χ1n) is 6.09. The topological polar surface area (TPSA) is 29.1 Å². The highest BCUT2D eigenvalue weighted by molar-refractivity contribution is 5.78. The van der Waals surface area contributed by atoms with Crippen molar-refractivity contribution in [1.29, 1.82) is 0 Å². The van der Waals surface area contributed by atoms with Gasteiger partial charge in [-0.3, -0.25) is 4.79 Å². The van der Waals surface area contributed by atoms with Crippen molar-refractivity contribution in [3.05, 3.63) is 35.9 Å². The van der Waals surface area contributed by atoms with Crippen molar-refractivity contribution in [3.8, 4) is 0 Å². The second kappa shape index (κ2) is 8.05. The summed E-state index contributed by atoms with van der Waals surface area (Å²) >= 11 is 0. The molecule has 0 spiro atoms. The van der Waals surface area contributed by atoms with E-state index in [1.165, 1.54) is 5.56 Å². The van der Waals surface area contributed by atoms with Gasteiger partial charge >= 0.3 is 0 Å². The van der Waals surface area contributed by atoms with Crippen molar-refractivity contribution in [2.75, 3.05) is 13.1 Å². The van der Waals surface area contributed by atoms with Crippen LogP contribution in [0, 0.1) is 0 Å². The average molecular weight is 219 g/mol. The maximum Gasteiger partial charge on any atom is 0.134 e. The Bertz CT molecular complexity index is 295. The van der Waals surface area contributed by atoms with Gasteiger partial charge in [-0.1, -0.05) is 37.3 Å². The smallest absolute Gasteiger partial charge is 0.134 e. The lowest BCUT2D eigenvalue weighted by molar-refractivity contribution is -0.119. The van der Waals surface area contributed by atoms with Gasteiger partial charge in [-0.05, 0) is 24.9 Å². The van der Waals surface area contributed by atoms with Crippen LogP contribution in [0.1, 0.15) is 31.7 Å². The molecule has 0 aromatic heterocycles. The number of hydrogen-bond acceptors (Lipinski definition) is 2. The van der Waals surface area contributed by atoms with E-state index in [2.05, 4.69) is 24.4 Å². The van der Waals surface area contributed by atoms with Crippen LogP contribution in [0.2, 0.25) is 0 Å². The lowest BCUT2D eigenvalue weighted by Gasteiger charge is -2.02. The molecule has 0 heterocycles. The molecule has 2 heteroatoms. The van der Waals surface area contributed by atoms with Gasteiger partial charge in [0.1, 0.15) is 5.78 Å². The molecule has 2 nitrogen and oxygen atoms in total. The van der Waals surface area contributed by atoms with Gasteiger partial charge in [0.2, 0.25) is 0 Å². The van der Waals surface area contributed by atoms with Crippen LogP contribution in [0.5, 0.6) is 0 Å². The molecule has 16 heavy (non-hydrogen) atoms. The highest BCUT2D eigenvalue weighted by atomic mass is 16.1. The Labute approximate surface area is 98.1 Å². The number of carbonyl (C=O) groups excluding carboxylic acids is 1. The summed E-state index contributed by atoms with van der Waals surface area (Å²) in [4.78, 5) is 11.5. The van der Waals surface area contributed by atoms with Crippen LogP contribution in [0.15, 0.2) is 30.3 Å². The van der Waals surface area contributed by atoms with Crippen molar-refractivity contribution in [2.45, 2.75) is 32.6 Å². The molecule has 0 saturated heterocycles. The number of carbonyl (C=O) groups is 1. The Balaban J connectivity index is 2.09. The zero-order chi connectivity index (χ0) is 11.6. The van der Waals surface area contributed by atoms with Crippen molar-refractivity contribution in [3.63, 3.8) is 0 Å². The molecule has 0 fully saturated rings. The van der Waals surface area contributed by atoms with E-state index in [1.54, 1.807) is 0 Å². The fourth-order valence-electron chi connectivity index (χ4n) is 1.66. The first-order chi connectivity index (χ1) is 7.83. The summed E-state index contributed by atoms with van der Waals surface area (Å²) in [6.45, 7) is 3.82. The molecule has 0 amide bonds. The molecule has 0 bridgehead atoms. The zero-order valence-electron chi connectivity index (χ0n) is 10.0. The molecule has 0 unspecified atom stereocenters. The molecule has 1 rings (SSSR count). The predicted molar refractivity (Wildman–Crippen MR) is 67.5 cm³/mol. The molecule has 0 atom stereocenters. The number of nitrogens with one attached hydrogen (secondary N) is 1. The van der Waals surface area contributed by atoms with E-state index in [0.717, 1.165) is 25.9 Å². The van der Waals surface area contributed by atoms with E-state index >= 15 is 0 Å². The lowest BCUT2D eigenvalue weighted by Crippen LogP contribution is -2.17. The van der Waals surface area contributed by atoms with Gasteiger partial charge < -0.3 is 5.32 Å². The zero-order valence-corrected chi connectivity index (χ0v) is 10.0. The molecule has 0 aliphatic rings. The fraction of sp³-hybridized carbons (Fsp3) is 0.500. The van der Waals surface area contributed by atoms with Crippen molar-refractivity contribution >= 4 is 5.78 Å². The number of Topliss-reactive ketones (excluding diaryl/α,β-unsaturated/α-hetero) is 1. The second-order valence-electron chi connectivity index (χ2n) is 3.98. The largest absolute Gasteiger partial charge is 0.317 e. The Morgan fingerprint density at radius 2 is 1.94 bits per heavy atom. The van der Waals surface area contributed by atoms with E-state index in [1.807, 2.05) is 18.2 Å². The Morgan fingerprint density at radius 3 is 2.62 bits per heavy atom. The standard InChI is InChI=1S/C14H21NO/c1-2-15-12-11-14(16)10-6-9-13-7-4-3-5-8-13/h3-5,7-8,15H,2,6,9-12H2,1H3. The summed E-state index contributed by atoms with van der Waals surface area (Å²) in [5.41, 5.74) is 1.32. The molecule has 0 aliphatic heterocycles. The van der Waals surface area contributed by atoms with Crippen LogP contribution in [-0.4, -0.2) is 18.9 Å². The van der Waals surface area contributed by atoms with Crippen LogP contribution >= 0.6 is 0 Å². The summed E-state index contributed by atoms with van der Waals surface area (Å²) in [6.07, 6.45) is 3.35. The second-order valence-corrected chi connectivity index (χ2v) is 3.98. The Kier molecular flexibility index (Phi) is 6.50. The van der Waals surface area contributed by atoms with Crippen LogP contribution in [0.25, 0.3) is 0 Å². The number of rotatable bonds is 8. The van der Waals surface area contributed by atoms with Crippen molar-refractivity contribution in [1.82, 2.24) is 5.32 Å². The maximum absolute atomic E-state index is 11.5. The molecule has 1 aromatic carbocycles. The van der Waals surface area contributed by atoms with E-state index in [4.69, 9.17) is 0 Å². The van der Waals surface area contributed by atoms with E-state index in [-0.39, 0.29) is 0 Å². The third-order valence-corrected chi connectivity index (χ3v) is 2.59. The fourth-order valence-corrected chi connectivity index (χ4v) is 1.66. The van der Waals surface area contributed by atoms with Crippen LogP contribution in [0.4, 0.5) is 0 Å². The maximum atomic E-state index is 11.5. The summed E-state index contributed by atoms with van der Waals surface area (Å²) in [5, 5.41) is 3.17. The van der Waals surface area contributed by atoms with Gasteiger partial charge in [-0.25, -0.2) is 0 Å². The number of benzene rings is 1. The van der Waals surface area contributed by atoms with Crippen molar-refractivity contribution < 1.29 is 4.79 Å². The van der Waals surface area contributed by atoms with Gasteiger partial charge in [-0.2, -0.15) is 0 Å². The molecule has 0 saturated carbocycles. The molecule has 0 aliphatic carbocycles. The normalized spacial score (nSPS) is 10.3. The summed E-state index contributed by atoms with van der Waals surface area (Å²) in [5.74, 6) is 0.372. The molecule has 0 radical (unpaired) electrons. The number of aryl methyl sites for hydroxylation is 1. The number of hydrogen-bond donors (Lipinski definition) is 1. The molecule has 88 valence electrons. The molecule has 1 aromatic rings. The third kappa shape index (κ3) is 5.66. The first kappa shape index (κ1) is 12.9. The van der Waals surface area contributed by atoms with E-state index < -0.39 is 0 Å². The van der Waals surface area contributed by atoms with Gasteiger partial charge in [-0.15, -0.1) is 0 Å². The van der Waals surface area contributed by atoms with Gasteiger partial charge in [0.25, 0.3) is 0 Å². The van der Waals surface area contributed by atoms with E-state index in [9.17, 15) is 4.79 Å². The monoisotopic (exact) mass is 219 g/mol. The molecular formula is C14H21NO. The van der Waals surface area contributed by atoms with E-state index in [0.29, 0.717) is 18.6 Å². The number of ketones is 1. The van der Waals surface area contributed by atoms with Crippen molar-refractivity contribution in [2.24, 2.45) is 0 Å². The van der Waals surface area contributed by atoms with Crippen LogP contribution in [-0.2, 0) is 11.2 Å². The Morgan fingerprint density at radius 1 is 1.19 bits per heavy atom. The van der Waals surface area contributed by atoms with Gasteiger partial charge in [0.05, 0.1) is 0 Å². The SMILES string of the molecule is CCNCCC(=O)CCCc1ccccc1. The van der Waals surface area contributed by atoms with Crippen LogP contribution < -0.4 is 5.32 Å². The highest BCUT2D eigenvalue weighted by Crippen LogP contribution is 2.05. The summed E-state index contributed by atoms with van der Waals surface area (Å²) < 4.78 is 0. The minimum absolute atomic E-state index is 0.372. The quantitative estimate of drug-likeness (QED) is 0.681. The Hall–Kier alpha value is -1.15. The highest BCUT2D eigenvalue weighted by Gasteiger charge is 2.01. The predicted octanol–water partition coefficient (Wildman–Crippen LogP) is 2.58. The summed E-state index contributed by atoms with van der Waals surface area (Å²) in [7, 11) is 0. The average Bonchev–Trinajstić information content (AvgIpc) is 2.31. The van der Waals surface area contributed by atoms with Crippen LogP contribution in [0.3, 0.4) is 0 Å². The summed E-state index contributed by atoms with van der Waals surface area (Å²) in [6, 6.07) is 10.3. The lowest BCUT2D eigenvalue weighted by atomic mass is 10.1. The molecule has 1 N–H and O–H groups in total. The van der Waals surface area contributed by atoms with Gasteiger partial charge in [0.15, 0.2) is 0 Å². The minimum atomic E-state index is 0.372. The minimum Gasteiger partial charge on any atom is -0.317 e. The first-order valence-corrected chi connectivity index (χ1v) is 6.09. The van der Waals surface area contributed by atoms with Gasteiger partial charge in [0, 0.05) is 19.4 Å². The molecular weight excluding hydrogens is 198 g/mol. The third-order valence-electron chi connectivity index (χ3n) is 2.59.